The molecular formula is C44H26N2O. The van der Waals surface area contributed by atoms with E-state index in [1.165, 1.54) is 10.9 Å². The summed E-state index contributed by atoms with van der Waals surface area (Å²) in [5, 5.41) is 9.15. The van der Waals surface area contributed by atoms with Crippen LogP contribution in [0.25, 0.3) is 98.9 Å². The van der Waals surface area contributed by atoms with Crippen LogP contribution in [0.3, 0.4) is 0 Å². The molecule has 0 bridgehead atoms. The molecule has 0 spiro atoms. The van der Waals surface area contributed by atoms with Crippen molar-refractivity contribution in [2.75, 3.05) is 0 Å². The largest absolute Gasteiger partial charge is 0.455 e. The Labute approximate surface area is 270 Å². The number of nitrogens with zero attached hydrogens (tertiary/aromatic N) is 2. The number of aromatic nitrogens is 2. The first kappa shape index (κ1) is 26.0. The fraction of sp³-hybridized carbons (Fsp3) is 0. The van der Waals surface area contributed by atoms with Crippen molar-refractivity contribution in [2.24, 2.45) is 0 Å². The fourth-order valence-electron chi connectivity index (χ4n) is 7.21. The maximum atomic E-state index is 6.34. The molecule has 0 aliphatic rings. The summed E-state index contributed by atoms with van der Waals surface area (Å²) in [6.45, 7) is 0. The quantitative estimate of drug-likeness (QED) is 0.190. The third-order valence-corrected chi connectivity index (χ3v) is 9.46. The predicted molar refractivity (Wildman–Crippen MR) is 196 cm³/mol. The average molecular weight is 599 g/mol. The van der Waals surface area contributed by atoms with Crippen molar-refractivity contribution in [3.05, 3.63) is 158 Å². The van der Waals surface area contributed by atoms with Gasteiger partial charge in [0.1, 0.15) is 11.2 Å². The highest BCUT2D eigenvalue weighted by atomic mass is 16.3. The molecule has 0 saturated carbocycles. The Morgan fingerprint density at radius 2 is 1.06 bits per heavy atom. The normalized spacial score (nSPS) is 11.8. The molecule has 0 radical (unpaired) electrons. The highest BCUT2D eigenvalue weighted by molar-refractivity contribution is 6.16. The van der Waals surface area contributed by atoms with Crippen LogP contribution < -0.4 is 0 Å². The zero-order chi connectivity index (χ0) is 30.9. The lowest BCUT2D eigenvalue weighted by Crippen LogP contribution is -1.97. The number of rotatable bonds is 3. The predicted octanol–water partition coefficient (Wildman–Crippen LogP) is 12.0. The van der Waals surface area contributed by atoms with Crippen molar-refractivity contribution in [1.29, 1.82) is 0 Å². The molecule has 3 heteroatoms. The third kappa shape index (κ3) is 4.00. The van der Waals surface area contributed by atoms with Crippen molar-refractivity contribution in [1.82, 2.24) is 9.97 Å². The van der Waals surface area contributed by atoms with Crippen molar-refractivity contribution in [2.45, 2.75) is 0 Å². The van der Waals surface area contributed by atoms with Gasteiger partial charge in [-0.25, -0.2) is 9.97 Å². The van der Waals surface area contributed by atoms with Gasteiger partial charge in [-0.05, 0) is 63.0 Å². The minimum absolute atomic E-state index is 0.881. The topological polar surface area (TPSA) is 38.9 Å². The number of hydrogen-bond donors (Lipinski definition) is 0. The fourth-order valence-corrected chi connectivity index (χ4v) is 7.21. The molecule has 2 aromatic heterocycles. The number of hydrogen-bond acceptors (Lipinski definition) is 3. The number of para-hydroxylation sites is 1. The summed E-state index contributed by atoms with van der Waals surface area (Å²) in [6, 6.07) is 55.5. The van der Waals surface area contributed by atoms with E-state index < -0.39 is 0 Å². The van der Waals surface area contributed by atoms with Crippen LogP contribution in [0.15, 0.2) is 162 Å². The zero-order valence-corrected chi connectivity index (χ0v) is 25.3. The van der Waals surface area contributed by atoms with Gasteiger partial charge in [0, 0.05) is 32.7 Å². The summed E-state index contributed by atoms with van der Waals surface area (Å²) in [6.07, 6.45) is 0. The summed E-state index contributed by atoms with van der Waals surface area (Å²) in [4.78, 5) is 10.7. The minimum atomic E-state index is 0.881. The second-order valence-electron chi connectivity index (χ2n) is 12.1. The first-order valence-electron chi connectivity index (χ1n) is 15.9. The molecule has 3 nitrogen and oxygen atoms in total. The molecule has 10 aromatic rings. The molecule has 218 valence electrons. The van der Waals surface area contributed by atoms with Gasteiger partial charge in [-0.1, -0.05) is 127 Å². The highest BCUT2D eigenvalue weighted by Crippen LogP contribution is 2.41. The second-order valence-corrected chi connectivity index (χ2v) is 12.1. The number of furan rings is 1. The summed E-state index contributed by atoms with van der Waals surface area (Å²) < 4.78 is 6.34. The van der Waals surface area contributed by atoms with Crippen LogP contribution in [0.1, 0.15) is 0 Å². The summed E-state index contributed by atoms with van der Waals surface area (Å²) in [7, 11) is 0. The maximum Gasteiger partial charge on any atom is 0.143 e. The third-order valence-electron chi connectivity index (χ3n) is 9.46. The van der Waals surface area contributed by atoms with Crippen LogP contribution >= 0.6 is 0 Å². The molecule has 0 atom stereocenters. The summed E-state index contributed by atoms with van der Waals surface area (Å²) in [5.74, 6) is 0. The monoisotopic (exact) mass is 598 g/mol. The summed E-state index contributed by atoms with van der Waals surface area (Å²) >= 11 is 0. The second kappa shape index (κ2) is 10.1. The summed E-state index contributed by atoms with van der Waals surface area (Å²) in [5.41, 5.74) is 9.87. The molecule has 47 heavy (non-hydrogen) atoms. The van der Waals surface area contributed by atoms with Gasteiger partial charge in [0.2, 0.25) is 0 Å². The van der Waals surface area contributed by atoms with E-state index in [-0.39, 0.29) is 0 Å². The Balaban J connectivity index is 1.20. The lowest BCUT2D eigenvalue weighted by molar-refractivity contribution is 0.672. The van der Waals surface area contributed by atoms with Gasteiger partial charge in [0.25, 0.3) is 0 Å². The molecule has 0 unspecified atom stereocenters. The van der Waals surface area contributed by atoms with Crippen molar-refractivity contribution >= 4 is 65.3 Å². The standard InChI is InChI=1S/C44H26N2O/c1-2-11-28(12-3-1)41-43(46-42-32-13-5-4-10-27(32)20-25-39(42)45-41)37-24-23-31(34-14-6-7-15-35(34)37)29-18-21-33-30(26-29)19-22-38-36-16-8-9-17-40(36)47-44(33)38/h1-26H. The molecular weight excluding hydrogens is 572 g/mol. The van der Waals surface area contributed by atoms with Gasteiger partial charge < -0.3 is 4.42 Å². The van der Waals surface area contributed by atoms with Crippen LogP contribution in [0.2, 0.25) is 0 Å². The Morgan fingerprint density at radius 3 is 1.94 bits per heavy atom. The zero-order valence-electron chi connectivity index (χ0n) is 25.3. The van der Waals surface area contributed by atoms with E-state index >= 15 is 0 Å². The van der Waals surface area contributed by atoms with Crippen LogP contribution in [-0.4, -0.2) is 9.97 Å². The maximum absolute atomic E-state index is 6.34. The molecule has 0 aliphatic carbocycles. The molecule has 0 saturated heterocycles. The van der Waals surface area contributed by atoms with Crippen LogP contribution in [-0.2, 0) is 0 Å². The lowest BCUT2D eigenvalue weighted by atomic mass is 9.91. The highest BCUT2D eigenvalue weighted by Gasteiger charge is 2.19. The van der Waals surface area contributed by atoms with Gasteiger partial charge >= 0.3 is 0 Å². The van der Waals surface area contributed by atoms with E-state index in [0.29, 0.717) is 0 Å². The Morgan fingerprint density at radius 1 is 0.383 bits per heavy atom. The van der Waals surface area contributed by atoms with Crippen molar-refractivity contribution in [3.8, 4) is 33.6 Å². The Kier molecular flexibility index (Phi) is 5.57. The van der Waals surface area contributed by atoms with Crippen molar-refractivity contribution < 1.29 is 4.42 Å². The van der Waals surface area contributed by atoms with E-state index in [2.05, 4.69) is 140 Å². The van der Waals surface area contributed by atoms with E-state index in [9.17, 15) is 0 Å². The van der Waals surface area contributed by atoms with Gasteiger partial charge in [0.15, 0.2) is 0 Å². The van der Waals surface area contributed by atoms with Crippen LogP contribution in [0.5, 0.6) is 0 Å². The average Bonchev–Trinajstić information content (AvgIpc) is 3.53. The lowest BCUT2D eigenvalue weighted by Gasteiger charge is -2.16. The van der Waals surface area contributed by atoms with E-state index in [4.69, 9.17) is 14.4 Å². The molecule has 0 aliphatic heterocycles. The SMILES string of the molecule is c1ccc(-c2nc3ccc4ccccc4c3nc2-c2ccc(-c3ccc4c(ccc5c6ccccc6oc45)c3)c3ccccc23)cc1. The smallest absolute Gasteiger partial charge is 0.143 e. The molecule has 10 rings (SSSR count). The molecule has 0 fully saturated rings. The van der Waals surface area contributed by atoms with Gasteiger partial charge in [0.05, 0.1) is 22.4 Å². The van der Waals surface area contributed by atoms with Gasteiger partial charge in [-0.2, -0.15) is 0 Å². The van der Waals surface area contributed by atoms with Gasteiger partial charge in [-0.3, -0.25) is 0 Å². The first-order valence-corrected chi connectivity index (χ1v) is 15.9. The van der Waals surface area contributed by atoms with Crippen LogP contribution in [0, 0.1) is 0 Å². The molecule has 0 amide bonds. The number of benzene rings is 8. The molecule has 0 N–H and O–H groups in total. The van der Waals surface area contributed by atoms with E-state index in [1.54, 1.807) is 0 Å². The molecule has 2 heterocycles. The first-order chi connectivity index (χ1) is 23.3. The minimum Gasteiger partial charge on any atom is -0.455 e. The van der Waals surface area contributed by atoms with E-state index in [0.717, 1.165) is 88.0 Å². The van der Waals surface area contributed by atoms with Crippen LogP contribution in [0.4, 0.5) is 0 Å². The Hall–Kier alpha value is -6.32. The molecule has 8 aromatic carbocycles. The van der Waals surface area contributed by atoms with Gasteiger partial charge in [-0.15, -0.1) is 0 Å². The van der Waals surface area contributed by atoms with E-state index in [1.807, 2.05) is 18.2 Å². The van der Waals surface area contributed by atoms with Crippen molar-refractivity contribution in [3.63, 3.8) is 0 Å². The number of fused-ring (bicyclic) bond motifs is 9. The Bertz CT molecular complexity index is 2850.